The van der Waals surface area contributed by atoms with Gasteiger partial charge in [0, 0.05) is 5.02 Å². The zero-order valence-electron chi connectivity index (χ0n) is 10.8. The smallest absolute Gasteiger partial charge is 0.291 e. The Labute approximate surface area is 125 Å². The lowest BCUT2D eigenvalue weighted by Crippen LogP contribution is -2.24. The Morgan fingerprint density at radius 3 is 2.71 bits per heavy atom. The van der Waals surface area contributed by atoms with Crippen LogP contribution in [0.4, 0.5) is 10.1 Å². The molecule has 6 heteroatoms. The fraction of sp³-hybridized carbons (Fsp3) is 0.0667. The molecule has 1 amide bonds. The average molecular weight is 305 g/mol. The summed E-state index contributed by atoms with van der Waals surface area (Å²) in [7, 11) is 0. The van der Waals surface area contributed by atoms with Gasteiger partial charge in [0.25, 0.3) is 5.91 Å². The molecule has 0 aliphatic carbocycles. The third-order valence-corrected chi connectivity index (χ3v) is 3.41. The molecule has 1 aliphatic rings. The highest BCUT2D eigenvalue weighted by molar-refractivity contribution is 6.31. The molecule has 1 aliphatic heterocycles. The lowest BCUT2D eigenvalue weighted by molar-refractivity contribution is -0.443. The van der Waals surface area contributed by atoms with Crippen molar-refractivity contribution < 1.29 is 13.9 Å². The van der Waals surface area contributed by atoms with Gasteiger partial charge in [-0.3, -0.25) is 4.79 Å². The second-order valence-electron chi connectivity index (χ2n) is 4.60. The van der Waals surface area contributed by atoms with Crippen LogP contribution in [0.25, 0.3) is 0 Å². The summed E-state index contributed by atoms with van der Waals surface area (Å²) in [5.41, 5.74) is 1.05. The number of benzodiazepines with no additional fused rings is 1. The van der Waals surface area contributed by atoms with Crippen LogP contribution in [0, 0.1) is 11.0 Å². The summed E-state index contributed by atoms with van der Waals surface area (Å²) in [5, 5.41) is 15.3. The Kier molecular flexibility index (Phi) is 3.35. The van der Waals surface area contributed by atoms with Crippen LogP contribution in [0.1, 0.15) is 11.1 Å². The van der Waals surface area contributed by atoms with E-state index in [1.165, 1.54) is 24.3 Å². The van der Waals surface area contributed by atoms with Crippen LogP contribution in [0.3, 0.4) is 0 Å². The molecule has 1 heterocycles. The number of benzene rings is 2. The Morgan fingerprint density at radius 1 is 1.19 bits per heavy atom. The largest absolute Gasteiger partial charge is 0.623 e. The Morgan fingerprint density at radius 2 is 1.95 bits per heavy atom. The number of nitrogens with one attached hydrogen (secondary N) is 1. The number of hydrogen-bond acceptors (Lipinski definition) is 2. The van der Waals surface area contributed by atoms with E-state index in [0.29, 0.717) is 21.0 Å². The van der Waals surface area contributed by atoms with E-state index in [4.69, 9.17) is 11.6 Å². The molecule has 21 heavy (non-hydrogen) atoms. The summed E-state index contributed by atoms with van der Waals surface area (Å²) in [6.07, 6.45) is 0. The zero-order valence-corrected chi connectivity index (χ0v) is 11.5. The standard InChI is InChI=1S/C15H10ClFN2O2/c16-9-5-6-13-11(7-9)15(19(21)8-14(20)18-13)10-3-1-2-4-12(10)17/h1-7H,8H2,(H,18,20). The van der Waals surface area contributed by atoms with Gasteiger partial charge in [-0.15, -0.1) is 0 Å². The lowest BCUT2D eigenvalue weighted by Gasteiger charge is -2.10. The number of nitrogens with zero attached hydrogens (tertiary/aromatic N) is 1. The van der Waals surface area contributed by atoms with Crippen LogP contribution in [0.5, 0.6) is 0 Å². The highest BCUT2D eigenvalue weighted by Gasteiger charge is 2.28. The molecule has 0 radical (unpaired) electrons. The van der Waals surface area contributed by atoms with E-state index in [2.05, 4.69) is 5.32 Å². The monoisotopic (exact) mass is 304 g/mol. The number of carbonyl (C=O) groups is 1. The van der Waals surface area contributed by atoms with Gasteiger partial charge in [-0.05, 0) is 30.3 Å². The summed E-state index contributed by atoms with van der Waals surface area (Å²) in [6.45, 7) is -0.407. The van der Waals surface area contributed by atoms with Crippen molar-refractivity contribution in [3.8, 4) is 0 Å². The number of halogens is 2. The highest BCUT2D eigenvalue weighted by atomic mass is 35.5. The quantitative estimate of drug-likeness (QED) is 0.650. The van der Waals surface area contributed by atoms with Crippen molar-refractivity contribution in [3.05, 3.63) is 69.6 Å². The fourth-order valence-corrected chi connectivity index (χ4v) is 2.46. The summed E-state index contributed by atoms with van der Waals surface area (Å²) < 4.78 is 14.5. The van der Waals surface area contributed by atoms with E-state index >= 15 is 0 Å². The van der Waals surface area contributed by atoms with Gasteiger partial charge in [-0.25, -0.2) is 4.39 Å². The number of carbonyl (C=O) groups excluding carboxylic acids is 1. The van der Waals surface area contributed by atoms with E-state index in [1.54, 1.807) is 18.2 Å². The molecule has 0 fully saturated rings. The SMILES string of the molecule is O=C1C[N+]([O-])=C(c2ccccc2F)c2cc(Cl)ccc2N1. The van der Waals surface area contributed by atoms with E-state index in [0.717, 1.165) is 0 Å². The van der Waals surface area contributed by atoms with Gasteiger partial charge in [0.15, 0.2) is 0 Å². The second-order valence-corrected chi connectivity index (χ2v) is 5.04. The summed E-state index contributed by atoms with van der Waals surface area (Å²) >= 11 is 5.97. The number of fused-ring (bicyclic) bond motifs is 1. The van der Waals surface area contributed by atoms with Crippen LogP contribution in [-0.2, 0) is 4.79 Å². The number of amides is 1. The van der Waals surface area contributed by atoms with E-state index in [9.17, 15) is 14.4 Å². The van der Waals surface area contributed by atoms with Gasteiger partial charge >= 0.3 is 0 Å². The maximum atomic E-state index is 14.0. The molecular weight excluding hydrogens is 295 g/mol. The van der Waals surface area contributed by atoms with Crippen LogP contribution < -0.4 is 5.32 Å². The minimum atomic E-state index is -0.534. The summed E-state index contributed by atoms with van der Waals surface area (Å²) in [6, 6.07) is 10.7. The van der Waals surface area contributed by atoms with Gasteiger partial charge < -0.3 is 10.5 Å². The van der Waals surface area contributed by atoms with E-state index in [1.807, 2.05) is 0 Å². The van der Waals surface area contributed by atoms with Crippen molar-refractivity contribution >= 4 is 28.9 Å². The minimum Gasteiger partial charge on any atom is -0.623 e. The number of hydroxylamine groups is 1. The van der Waals surface area contributed by atoms with Gasteiger partial charge in [-0.2, -0.15) is 4.74 Å². The molecule has 0 spiro atoms. The molecule has 106 valence electrons. The molecule has 3 rings (SSSR count). The Hall–Kier alpha value is -2.40. The molecule has 2 aromatic rings. The predicted octanol–water partition coefficient (Wildman–Crippen LogP) is 2.78. The maximum absolute atomic E-state index is 14.0. The zero-order chi connectivity index (χ0) is 15.0. The van der Waals surface area contributed by atoms with Crippen molar-refractivity contribution in [3.63, 3.8) is 0 Å². The number of anilines is 1. The molecule has 1 N–H and O–H groups in total. The van der Waals surface area contributed by atoms with Gasteiger partial charge in [0.05, 0.1) is 16.8 Å². The Bertz CT molecular complexity index is 774. The minimum absolute atomic E-state index is 0.0870. The molecule has 0 atom stereocenters. The van der Waals surface area contributed by atoms with E-state index in [-0.39, 0.29) is 11.3 Å². The molecule has 0 saturated heterocycles. The maximum Gasteiger partial charge on any atom is 0.291 e. The van der Waals surface area contributed by atoms with Crippen LogP contribution in [0.15, 0.2) is 42.5 Å². The number of hydrogen-bond donors (Lipinski definition) is 1. The topological polar surface area (TPSA) is 55.2 Å². The second kappa shape index (κ2) is 5.18. The third kappa shape index (κ3) is 2.48. The molecule has 2 aromatic carbocycles. The molecule has 0 aromatic heterocycles. The summed E-state index contributed by atoms with van der Waals surface area (Å²) in [4.78, 5) is 11.7. The number of rotatable bonds is 1. The van der Waals surface area contributed by atoms with Crippen LogP contribution in [0.2, 0.25) is 5.02 Å². The van der Waals surface area contributed by atoms with Crippen molar-refractivity contribution in [2.24, 2.45) is 0 Å². The fourth-order valence-electron chi connectivity index (χ4n) is 2.29. The van der Waals surface area contributed by atoms with Crippen molar-refractivity contribution in [1.29, 1.82) is 0 Å². The predicted molar refractivity (Wildman–Crippen MR) is 78.2 cm³/mol. The van der Waals surface area contributed by atoms with Crippen molar-refractivity contribution in [1.82, 2.24) is 0 Å². The van der Waals surface area contributed by atoms with Crippen molar-refractivity contribution in [2.75, 3.05) is 11.9 Å². The molecular formula is C15H10ClFN2O2. The van der Waals surface area contributed by atoms with E-state index < -0.39 is 18.3 Å². The van der Waals surface area contributed by atoms with Crippen molar-refractivity contribution in [2.45, 2.75) is 0 Å². The first-order chi connectivity index (χ1) is 10.1. The lowest BCUT2D eigenvalue weighted by atomic mass is 10.00. The normalized spacial score (nSPS) is 14.5. The molecule has 4 nitrogen and oxygen atoms in total. The first-order valence-electron chi connectivity index (χ1n) is 6.22. The Balaban J connectivity index is 2.31. The molecule has 0 saturated carbocycles. The molecule has 0 unspecified atom stereocenters. The highest BCUT2D eigenvalue weighted by Crippen LogP contribution is 2.26. The summed E-state index contributed by atoms with van der Waals surface area (Å²) in [5.74, 6) is -0.992. The van der Waals surface area contributed by atoms with Gasteiger partial charge in [-0.1, -0.05) is 23.7 Å². The molecule has 0 bridgehead atoms. The van der Waals surface area contributed by atoms with Crippen LogP contribution in [-0.4, -0.2) is 22.9 Å². The van der Waals surface area contributed by atoms with Gasteiger partial charge in [0.1, 0.15) is 5.82 Å². The van der Waals surface area contributed by atoms with Gasteiger partial charge in [0.2, 0.25) is 12.3 Å². The third-order valence-electron chi connectivity index (χ3n) is 3.18. The first kappa shape index (κ1) is 13.6. The average Bonchev–Trinajstić information content (AvgIpc) is 2.55. The van der Waals surface area contributed by atoms with Crippen LogP contribution >= 0.6 is 11.6 Å². The first-order valence-corrected chi connectivity index (χ1v) is 6.60.